The molecule has 15 heavy (non-hydrogen) atoms. The molecule has 0 aliphatic rings. The van der Waals surface area contributed by atoms with E-state index in [1.165, 1.54) is 10.8 Å². The Labute approximate surface area is 106 Å². The van der Waals surface area contributed by atoms with Crippen molar-refractivity contribution in [1.29, 1.82) is 0 Å². The third kappa shape index (κ3) is 4.35. The third-order valence-electron chi connectivity index (χ3n) is 1.97. The van der Waals surface area contributed by atoms with Crippen molar-refractivity contribution in [3.05, 3.63) is 35.9 Å². The molecule has 0 radical (unpaired) electrons. The Morgan fingerprint density at radius 1 is 1.13 bits per heavy atom. The Bertz CT molecular complexity index is 396. The van der Waals surface area contributed by atoms with E-state index in [4.69, 9.17) is 19.3 Å². The summed E-state index contributed by atoms with van der Waals surface area (Å²) in [5, 5.41) is 1.27. The van der Waals surface area contributed by atoms with Crippen LogP contribution in [0.3, 0.4) is 0 Å². The molecule has 0 saturated carbocycles. The van der Waals surface area contributed by atoms with Crippen LogP contribution in [-0.4, -0.2) is 12.3 Å². The van der Waals surface area contributed by atoms with Crippen LogP contribution in [0.1, 0.15) is 5.56 Å². The third-order valence-corrected chi connectivity index (χ3v) is 6.69. The molecule has 0 N–H and O–H groups in total. The van der Waals surface area contributed by atoms with Gasteiger partial charge in [-0.2, -0.15) is 0 Å². The molecule has 0 aliphatic heterocycles. The molecule has 0 atom stereocenters. The zero-order chi connectivity index (χ0) is 11.5. The van der Waals surface area contributed by atoms with Gasteiger partial charge in [-0.05, 0) is 0 Å². The molecule has 0 aromatic heterocycles. The van der Waals surface area contributed by atoms with E-state index >= 15 is 0 Å². The molecule has 0 heterocycles. The topological polar surface area (TPSA) is 0 Å². The standard InChI is InChI=1S/C11H14Si.2ClH.Os/c1-10(12(2,3)4)11-8-6-5-7-9-11;;;/h5-9H,2-4H3;2*1H;/q;;;+2/p-2. The monoisotopic (exact) mass is 436 g/mol. The summed E-state index contributed by atoms with van der Waals surface area (Å²) in [5.74, 6) is 0. The van der Waals surface area contributed by atoms with Crippen molar-refractivity contribution >= 4 is 36.8 Å². The second-order valence-electron chi connectivity index (χ2n) is 4.26. The van der Waals surface area contributed by atoms with Gasteiger partial charge >= 0.3 is 106 Å². The van der Waals surface area contributed by atoms with Gasteiger partial charge in [0.25, 0.3) is 0 Å². The summed E-state index contributed by atoms with van der Waals surface area (Å²) in [6, 6.07) is 10.3. The zero-order valence-corrected chi connectivity index (χ0v) is 14.0. The fourth-order valence-electron chi connectivity index (χ4n) is 1.29. The fraction of sp³-hybridized carbons (Fsp3) is 0.273. The van der Waals surface area contributed by atoms with Gasteiger partial charge in [0.2, 0.25) is 0 Å². The molecule has 0 nitrogen and oxygen atoms in total. The average molecular weight is 435 g/mol. The number of rotatable bonds is 2. The van der Waals surface area contributed by atoms with Crippen molar-refractivity contribution in [2.24, 2.45) is 0 Å². The van der Waals surface area contributed by atoms with Gasteiger partial charge in [-0.25, -0.2) is 0 Å². The van der Waals surface area contributed by atoms with E-state index in [1.54, 1.807) is 0 Å². The normalized spacial score (nSPS) is 11.9. The first-order valence-electron chi connectivity index (χ1n) is 4.60. The van der Waals surface area contributed by atoms with Crippen molar-refractivity contribution < 1.29 is 13.8 Å². The van der Waals surface area contributed by atoms with Crippen LogP contribution < -0.4 is 0 Å². The van der Waals surface area contributed by atoms with Crippen LogP contribution in [-0.2, 0) is 13.8 Å². The molecule has 1 aromatic carbocycles. The van der Waals surface area contributed by atoms with E-state index in [2.05, 4.69) is 36.0 Å². The van der Waals surface area contributed by atoms with Crippen molar-refractivity contribution in [3.8, 4) is 0 Å². The first-order chi connectivity index (χ1) is 6.91. The summed E-state index contributed by atoms with van der Waals surface area (Å²) < 4.78 is 3.32. The maximum atomic E-state index is 5.96. The average Bonchev–Trinajstić information content (AvgIpc) is 2.14. The van der Waals surface area contributed by atoms with Crippen molar-refractivity contribution in [1.82, 2.24) is 0 Å². The summed E-state index contributed by atoms with van der Waals surface area (Å²) in [7, 11) is 10.5. The summed E-state index contributed by atoms with van der Waals surface area (Å²) >= 11 is -2.14. The van der Waals surface area contributed by atoms with Gasteiger partial charge in [0.15, 0.2) is 0 Å². The Kier molecular flexibility index (Phi) is 4.97. The second-order valence-corrected chi connectivity index (χ2v) is 16.7. The van der Waals surface area contributed by atoms with E-state index in [0.29, 0.717) is 0 Å². The first-order valence-corrected chi connectivity index (χ1v) is 15.7. The minimum atomic E-state index is -2.14. The molecule has 0 aliphatic carbocycles. The van der Waals surface area contributed by atoms with Crippen LogP contribution in [0.4, 0.5) is 0 Å². The number of hydrogen-bond donors (Lipinski definition) is 0. The predicted octanol–water partition coefficient (Wildman–Crippen LogP) is 4.27. The van der Waals surface area contributed by atoms with E-state index in [9.17, 15) is 0 Å². The van der Waals surface area contributed by atoms with Gasteiger partial charge in [0, 0.05) is 0 Å². The molecule has 0 fully saturated rings. The fourth-order valence-corrected chi connectivity index (χ4v) is 9.03. The van der Waals surface area contributed by atoms with Gasteiger partial charge in [-0.1, -0.05) is 0 Å². The molecule has 0 unspecified atom stereocenters. The van der Waals surface area contributed by atoms with E-state index in [1.807, 2.05) is 18.2 Å². The van der Waals surface area contributed by atoms with Crippen LogP contribution in [0.25, 0.3) is 5.20 Å². The number of benzene rings is 1. The summed E-state index contributed by atoms with van der Waals surface area (Å²) in [6.45, 7) is 6.87. The maximum absolute atomic E-state index is 5.96. The Hall–Kier alpha value is 0.303. The number of halogens is 2. The van der Waals surface area contributed by atoms with Gasteiger partial charge in [0.05, 0.1) is 0 Å². The Balaban J connectivity index is 3.35. The van der Waals surface area contributed by atoms with Crippen molar-refractivity contribution in [3.63, 3.8) is 0 Å². The molecule has 0 saturated heterocycles. The summed E-state index contributed by atoms with van der Waals surface area (Å²) in [5.41, 5.74) is 1.23. The molecule has 1 aromatic rings. The molecule has 84 valence electrons. The van der Waals surface area contributed by atoms with E-state index in [0.717, 1.165) is 0 Å². The molecule has 0 amide bonds. The van der Waals surface area contributed by atoms with Crippen molar-refractivity contribution in [2.45, 2.75) is 19.6 Å². The van der Waals surface area contributed by atoms with Crippen LogP contribution in [0.15, 0.2) is 30.3 Å². The van der Waals surface area contributed by atoms with Crippen LogP contribution in [0, 0.1) is 0 Å². The van der Waals surface area contributed by atoms with Gasteiger partial charge in [-0.3, -0.25) is 0 Å². The zero-order valence-electron chi connectivity index (χ0n) is 9.00. The first kappa shape index (κ1) is 13.4. The minimum absolute atomic E-state index is 1.23. The van der Waals surface area contributed by atoms with E-state index < -0.39 is 21.8 Å². The van der Waals surface area contributed by atoms with Crippen molar-refractivity contribution in [2.75, 3.05) is 0 Å². The molecular formula is C11H14Cl2OsSi. The van der Waals surface area contributed by atoms with Crippen LogP contribution in [0.2, 0.25) is 19.6 Å². The van der Waals surface area contributed by atoms with E-state index in [-0.39, 0.29) is 0 Å². The molecule has 0 spiro atoms. The summed E-state index contributed by atoms with van der Waals surface area (Å²) in [4.78, 5) is 0. The molecular weight excluding hydrogens is 421 g/mol. The summed E-state index contributed by atoms with van der Waals surface area (Å²) in [6.07, 6.45) is 0. The molecule has 0 bridgehead atoms. The Morgan fingerprint density at radius 3 is 2.07 bits per heavy atom. The SMILES string of the molecule is C[Si](C)(C)C(=[C]=[Os]([Cl])[Cl])c1ccccc1. The van der Waals surface area contributed by atoms with Gasteiger partial charge < -0.3 is 0 Å². The van der Waals surface area contributed by atoms with Gasteiger partial charge in [0.1, 0.15) is 0 Å². The second kappa shape index (κ2) is 5.58. The Morgan fingerprint density at radius 2 is 1.67 bits per heavy atom. The number of hydrogen-bond acceptors (Lipinski definition) is 0. The predicted molar refractivity (Wildman–Crippen MR) is 69.9 cm³/mol. The quantitative estimate of drug-likeness (QED) is 0.609. The van der Waals surface area contributed by atoms with Crippen LogP contribution in [0.5, 0.6) is 0 Å². The molecule has 4 heteroatoms. The molecule has 1 rings (SSSR count). The van der Waals surface area contributed by atoms with Crippen LogP contribution >= 0.6 is 19.3 Å². The van der Waals surface area contributed by atoms with Gasteiger partial charge in [-0.15, -0.1) is 0 Å².